The van der Waals surface area contributed by atoms with Gasteiger partial charge < -0.3 is 15.1 Å². The third-order valence-electron chi connectivity index (χ3n) is 5.95. The van der Waals surface area contributed by atoms with Gasteiger partial charge in [-0.25, -0.2) is 9.97 Å². The van der Waals surface area contributed by atoms with Gasteiger partial charge in [-0.05, 0) is 25.0 Å². The summed E-state index contributed by atoms with van der Waals surface area (Å²) in [4.78, 5) is 37.8. The van der Waals surface area contributed by atoms with Gasteiger partial charge in [-0.1, -0.05) is 18.2 Å². The van der Waals surface area contributed by atoms with Gasteiger partial charge in [-0.15, -0.1) is 0 Å². The molecule has 2 saturated heterocycles. The van der Waals surface area contributed by atoms with E-state index in [-0.39, 0.29) is 23.7 Å². The van der Waals surface area contributed by atoms with E-state index in [1.54, 1.807) is 4.90 Å². The van der Waals surface area contributed by atoms with Crippen molar-refractivity contribution < 1.29 is 9.59 Å². The molecule has 7 nitrogen and oxygen atoms in total. The molecule has 0 spiro atoms. The van der Waals surface area contributed by atoms with E-state index >= 15 is 0 Å². The summed E-state index contributed by atoms with van der Waals surface area (Å²) in [5, 5.41) is 3.13. The molecule has 2 fully saturated rings. The molecule has 1 aromatic carbocycles. The lowest BCUT2D eigenvalue weighted by Gasteiger charge is -2.31. The predicted molar refractivity (Wildman–Crippen MR) is 111 cm³/mol. The first-order valence-electron chi connectivity index (χ1n) is 10.2. The zero-order valence-electron chi connectivity index (χ0n) is 17.0. The quantitative estimate of drug-likeness (QED) is 0.863. The van der Waals surface area contributed by atoms with Crippen LogP contribution in [0.15, 0.2) is 36.4 Å². The number of carbonyl (C=O) groups is 2. The number of piperidine rings is 1. The molecule has 0 unspecified atom stereocenters. The molecule has 1 N–H and O–H groups in total. The fourth-order valence-electron chi connectivity index (χ4n) is 4.17. The first-order valence-corrected chi connectivity index (χ1v) is 10.2. The number of nitrogens with zero attached hydrogens (tertiary/aromatic N) is 4. The number of carbonyl (C=O) groups excluding carboxylic acids is 2. The molecule has 29 heavy (non-hydrogen) atoms. The maximum absolute atomic E-state index is 12.7. The Bertz CT molecular complexity index is 893. The summed E-state index contributed by atoms with van der Waals surface area (Å²) in [6.07, 6.45) is 2.18. The number of hydrogen-bond acceptors (Lipinski definition) is 5. The van der Waals surface area contributed by atoms with Crippen molar-refractivity contribution in [1.82, 2.24) is 19.8 Å². The fourth-order valence-corrected chi connectivity index (χ4v) is 4.17. The number of hydrogen-bond donors (Lipinski definition) is 1. The van der Waals surface area contributed by atoms with Crippen LogP contribution in [0.25, 0.3) is 0 Å². The minimum absolute atomic E-state index is 0.0853. The van der Waals surface area contributed by atoms with Gasteiger partial charge in [0, 0.05) is 63.6 Å². The predicted octanol–water partition coefficient (Wildman–Crippen LogP) is 2.48. The molecular weight excluding hydrogens is 366 g/mol. The molecule has 1 aromatic heterocycles. The lowest BCUT2D eigenvalue weighted by molar-refractivity contribution is -0.126. The Balaban J connectivity index is 1.47. The van der Waals surface area contributed by atoms with Crippen LogP contribution >= 0.6 is 0 Å². The van der Waals surface area contributed by atoms with Crippen molar-refractivity contribution in [2.24, 2.45) is 0 Å². The van der Waals surface area contributed by atoms with E-state index in [2.05, 4.69) is 10.3 Å². The molecule has 0 radical (unpaired) electrons. The van der Waals surface area contributed by atoms with Gasteiger partial charge in [0.1, 0.15) is 11.6 Å². The number of benzene rings is 1. The molecule has 2 aliphatic heterocycles. The normalized spacial score (nSPS) is 20.2. The van der Waals surface area contributed by atoms with Gasteiger partial charge in [0.2, 0.25) is 5.91 Å². The lowest BCUT2D eigenvalue weighted by Crippen LogP contribution is -2.38. The Morgan fingerprint density at radius 1 is 1.10 bits per heavy atom. The van der Waals surface area contributed by atoms with Gasteiger partial charge in [0.15, 0.2) is 0 Å². The van der Waals surface area contributed by atoms with E-state index in [0.29, 0.717) is 26.1 Å². The third-order valence-corrected chi connectivity index (χ3v) is 5.95. The Hall–Kier alpha value is -2.96. The van der Waals surface area contributed by atoms with Crippen molar-refractivity contribution >= 4 is 17.6 Å². The average Bonchev–Trinajstić information content (AvgIpc) is 3.12. The van der Waals surface area contributed by atoms with Crippen LogP contribution in [-0.2, 0) is 4.79 Å². The molecule has 2 amide bonds. The van der Waals surface area contributed by atoms with E-state index in [9.17, 15) is 9.59 Å². The number of aromatic nitrogens is 2. The molecule has 3 heterocycles. The Labute approximate surface area is 171 Å². The summed E-state index contributed by atoms with van der Waals surface area (Å²) >= 11 is 0. The molecule has 0 bridgehead atoms. The van der Waals surface area contributed by atoms with Crippen molar-refractivity contribution in [3.63, 3.8) is 0 Å². The first-order chi connectivity index (χ1) is 14.0. The van der Waals surface area contributed by atoms with Gasteiger partial charge in [-0.2, -0.15) is 0 Å². The van der Waals surface area contributed by atoms with Crippen molar-refractivity contribution in [3.05, 3.63) is 53.5 Å². The molecular formula is C22H27N5O2. The van der Waals surface area contributed by atoms with E-state index in [1.165, 1.54) is 0 Å². The summed E-state index contributed by atoms with van der Waals surface area (Å²) in [5.74, 6) is 2.18. The number of likely N-dealkylation sites (tertiary alicyclic amines) is 2. The monoisotopic (exact) mass is 393 g/mol. The molecule has 152 valence electrons. The first kappa shape index (κ1) is 19.4. The number of likely N-dealkylation sites (N-methyl/N-ethyl adjacent to an activating group) is 1. The van der Waals surface area contributed by atoms with Crippen LogP contribution in [0.4, 0.5) is 5.82 Å². The molecule has 2 aliphatic rings. The van der Waals surface area contributed by atoms with Crippen LogP contribution in [0.3, 0.4) is 0 Å². The molecule has 7 heteroatoms. The second-order valence-electron chi connectivity index (χ2n) is 7.89. The number of amides is 2. The zero-order valence-corrected chi connectivity index (χ0v) is 17.0. The SMILES string of the molecule is CNc1cc([C@@H]2CC(=O)N(C)C2)nc(C2CCN(C(=O)c3ccccc3)CC2)n1. The van der Waals surface area contributed by atoms with Crippen LogP contribution in [0.5, 0.6) is 0 Å². The summed E-state index contributed by atoms with van der Waals surface area (Å²) in [5.41, 5.74) is 1.66. The maximum Gasteiger partial charge on any atom is 0.253 e. The maximum atomic E-state index is 12.7. The van der Waals surface area contributed by atoms with Crippen LogP contribution in [0.1, 0.15) is 53.0 Å². The standard InChI is InChI=1S/C22H27N5O2/c1-23-19-13-18(17-12-20(28)26(2)14-17)24-21(25-19)15-8-10-27(11-9-15)22(29)16-6-4-3-5-7-16/h3-7,13,15,17H,8-12,14H2,1-2H3,(H,23,24,25)/t17-/m1/s1. The van der Waals surface area contributed by atoms with Crippen molar-refractivity contribution in [2.75, 3.05) is 39.0 Å². The second kappa shape index (κ2) is 8.19. The molecule has 0 saturated carbocycles. The van der Waals surface area contributed by atoms with Gasteiger partial charge in [0.05, 0.1) is 5.69 Å². The molecule has 4 rings (SSSR count). The summed E-state index contributed by atoms with van der Waals surface area (Å²) in [7, 11) is 3.69. The third kappa shape index (κ3) is 4.09. The topological polar surface area (TPSA) is 78.4 Å². The number of rotatable bonds is 4. The highest BCUT2D eigenvalue weighted by atomic mass is 16.2. The van der Waals surface area contributed by atoms with Crippen LogP contribution in [0.2, 0.25) is 0 Å². The average molecular weight is 393 g/mol. The van der Waals surface area contributed by atoms with E-state index in [0.717, 1.165) is 35.7 Å². The number of anilines is 1. The largest absolute Gasteiger partial charge is 0.373 e. The fraction of sp³-hybridized carbons (Fsp3) is 0.455. The van der Waals surface area contributed by atoms with E-state index in [1.807, 2.05) is 55.4 Å². The highest BCUT2D eigenvalue weighted by Gasteiger charge is 2.31. The van der Waals surface area contributed by atoms with Crippen LogP contribution in [-0.4, -0.2) is 65.3 Å². The van der Waals surface area contributed by atoms with Crippen LogP contribution in [0, 0.1) is 0 Å². The van der Waals surface area contributed by atoms with Gasteiger partial charge in [-0.3, -0.25) is 9.59 Å². The summed E-state index contributed by atoms with van der Waals surface area (Å²) in [6.45, 7) is 2.10. The van der Waals surface area contributed by atoms with Crippen molar-refractivity contribution in [2.45, 2.75) is 31.1 Å². The van der Waals surface area contributed by atoms with E-state index < -0.39 is 0 Å². The van der Waals surface area contributed by atoms with Crippen molar-refractivity contribution in [1.29, 1.82) is 0 Å². The van der Waals surface area contributed by atoms with E-state index in [4.69, 9.17) is 4.98 Å². The minimum Gasteiger partial charge on any atom is -0.373 e. The summed E-state index contributed by atoms with van der Waals surface area (Å²) < 4.78 is 0. The Morgan fingerprint density at radius 2 is 1.83 bits per heavy atom. The second-order valence-corrected chi connectivity index (χ2v) is 7.89. The van der Waals surface area contributed by atoms with Crippen molar-refractivity contribution in [3.8, 4) is 0 Å². The highest BCUT2D eigenvalue weighted by Crippen LogP contribution is 2.31. The number of nitrogens with one attached hydrogen (secondary N) is 1. The summed E-state index contributed by atoms with van der Waals surface area (Å²) in [6, 6.07) is 11.4. The molecule has 0 aliphatic carbocycles. The minimum atomic E-state index is 0.0853. The lowest BCUT2D eigenvalue weighted by atomic mass is 9.94. The zero-order chi connectivity index (χ0) is 20.4. The van der Waals surface area contributed by atoms with Gasteiger partial charge in [0.25, 0.3) is 5.91 Å². The Kier molecular flexibility index (Phi) is 5.47. The smallest absolute Gasteiger partial charge is 0.253 e. The Morgan fingerprint density at radius 3 is 2.45 bits per heavy atom. The molecule has 1 atom stereocenters. The van der Waals surface area contributed by atoms with Crippen LogP contribution < -0.4 is 5.32 Å². The highest BCUT2D eigenvalue weighted by molar-refractivity contribution is 5.94. The molecule has 2 aromatic rings. The van der Waals surface area contributed by atoms with Gasteiger partial charge >= 0.3 is 0 Å².